The summed E-state index contributed by atoms with van der Waals surface area (Å²) in [6.45, 7) is 1.75. The summed E-state index contributed by atoms with van der Waals surface area (Å²) in [5.74, 6) is 1.24. The van der Waals surface area contributed by atoms with Gasteiger partial charge in [0.15, 0.2) is 0 Å². The van der Waals surface area contributed by atoms with Gasteiger partial charge >= 0.3 is 6.18 Å². The van der Waals surface area contributed by atoms with E-state index in [1.54, 1.807) is 0 Å². The summed E-state index contributed by atoms with van der Waals surface area (Å²) in [7, 11) is 0. The molecule has 0 saturated carbocycles. The topological polar surface area (TPSA) is 16.1 Å². The van der Waals surface area contributed by atoms with Gasteiger partial charge in [0.1, 0.15) is 5.82 Å². The van der Waals surface area contributed by atoms with Crippen LogP contribution in [0.15, 0.2) is 18.3 Å². The van der Waals surface area contributed by atoms with Crippen LogP contribution >= 0.6 is 15.9 Å². The van der Waals surface area contributed by atoms with Gasteiger partial charge in [-0.15, -0.1) is 0 Å². The number of piperidine rings is 1. The third-order valence-electron chi connectivity index (χ3n) is 3.44. The van der Waals surface area contributed by atoms with E-state index in [1.165, 1.54) is 12.5 Å². The molecule has 1 atom stereocenters. The van der Waals surface area contributed by atoms with Crippen molar-refractivity contribution < 1.29 is 13.2 Å². The minimum atomic E-state index is -4.31. The zero-order chi connectivity index (χ0) is 13.9. The van der Waals surface area contributed by atoms with Crippen LogP contribution in [0.2, 0.25) is 0 Å². The molecule has 0 bridgehead atoms. The predicted octanol–water partition coefficient (Wildman–Crippen LogP) is 4.10. The van der Waals surface area contributed by atoms with E-state index in [2.05, 4.69) is 25.8 Å². The maximum absolute atomic E-state index is 12.5. The monoisotopic (exact) mass is 336 g/mol. The van der Waals surface area contributed by atoms with E-state index in [-0.39, 0.29) is 0 Å². The highest BCUT2D eigenvalue weighted by Crippen LogP contribution is 2.30. The number of nitrogens with zero attached hydrogens (tertiary/aromatic N) is 2. The van der Waals surface area contributed by atoms with Gasteiger partial charge in [-0.25, -0.2) is 4.98 Å². The third kappa shape index (κ3) is 3.84. The fourth-order valence-corrected chi connectivity index (χ4v) is 3.05. The highest BCUT2D eigenvalue weighted by atomic mass is 79.9. The molecule has 1 saturated heterocycles. The maximum atomic E-state index is 12.5. The molecule has 0 aliphatic carbocycles. The molecule has 1 aliphatic heterocycles. The standard InChI is InChI=1S/C13H16BrF3N2/c14-6-5-10-2-1-7-19(9-10)12-4-3-11(8-18-12)13(15,16)17/h3-4,8,10H,1-2,5-7,9H2. The van der Waals surface area contributed by atoms with Gasteiger partial charge in [0, 0.05) is 24.6 Å². The van der Waals surface area contributed by atoms with Gasteiger partial charge in [0.2, 0.25) is 0 Å². The second-order valence-corrected chi connectivity index (χ2v) is 5.63. The molecule has 2 nitrogen and oxygen atoms in total. The number of rotatable bonds is 3. The Balaban J connectivity index is 2.05. The molecule has 6 heteroatoms. The first kappa shape index (κ1) is 14.6. The number of anilines is 1. The van der Waals surface area contributed by atoms with Crippen LogP contribution < -0.4 is 4.90 Å². The van der Waals surface area contributed by atoms with Crippen molar-refractivity contribution in [3.63, 3.8) is 0 Å². The predicted molar refractivity (Wildman–Crippen MR) is 72.6 cm³/mol. The molecule has 106 valence electrons. The Kier molecular flexibility index (Phi) is 4.71. The summed E-state index contributed by atoms with van der Waals surface area (Å²) < 4.78 is 37.4. The fourth-order valence-electron chi connectivity index (χ4n) is 2.40. The van der Waals surface area contributed by atoms with E-state index in [0.717, 1.165) is 43.5 Å². The molecule has 0 radical (unpaired) electrons. The lowest BCUT2D eigenvalue weighted by Gasteiger charge is -2.33. The SMILES string of the molecule is FC(F)(F)c1ccc(N2CCCC(CCBr)C2)nc1. The van der Waals surface area contributed by atoms with Crippen LogP contribution in [0.25, 0.3) is 0 Å². The Morgan fingerprint density at radius 3 is 2.74 bits per heavy atom. The van der Waals surface area contributed by atoms with E-state index in [1.807, 2.05) is 0 Å². The molecule has 1 fully saturated rings. The molecule has 0 N–H and O–H groups in total. The number of halogens is 4. The highest BCUT2D eigenvalue weighted by Gasteiger charge is 2.31. The number of hydrogen-bond acceptors (Lipinski definition) is 2. The van der Waals surface area contributed by atoms with Gasteiger partial charge in [0.25, 0.3) is 0 Å². The lowest BCUT2D eigenvalue weighted by Crippen LogP contribution is -2.36. The number of hydrogen-bond donors (Lipinski definition) is 0. The summed E-state index contributed by atoms with van der Waals surface area (Å²) in [5.41, 5.74) is -0.690. The van der Waals surface area contributed by atoms with E-state index in [4.69, 9.17) is 0 Å². The molecule has 0 aromatic carbocycles. The van der Waals surface area contributed by atoms with Crippen molar-refractivity contribution in [3.8, 4) is 0 Å². The van der Waals surface area contributed by atoms with Gasteiger partial charge in [0.05, 0.1) is 5.56 Å². The first-order valence-electron chi connectivity index (χ1n) is 6.35. The number of pyridine rings is 1. The average Bonchev–Trinajstić information content (AvgIpc) is 2.39. The van der Waals surface area contributed by atoms with E-state index in [0.29, 0.717) is 11.7 Å². The average molecular weight is 337 g/mol. The first-order valence-corrected chi connectivity index (χ1v) is 7.47. The van der Waals surface area contributed by atoms with Crippen LogP contribution in [0, 0.1) is 5.92 Å². The molecule has 1 aliphatic rings. The van der Waals surface area contributed by atoms with Crippen molar-refractivity contribution in [2.24, 2.45) is 5.92 Å². The van der Waals surface area contributed by atoms with Gasteiger partial charge in [-0.3, -0.25) is 0 Å². The third-order valence-corrected chi connectivity index (χ3v) is 3.89. The van der Waals surface area contributed by atoms with E-state index >= 15 is 0 Å². The first-order chi connectivity index (χ1) is 9.00. The van der Waals surface area contributed by atoms with Crippen molar-refractivity contribution in [1.82, 2.24) is 4.98 Å². The summed E-state index contributed by atoms with van der Waals surface area (Å²) >= 11 is 3.43. The van der Waals surface area contributed by atoms with Crippen LogP contribution in [-0.4, -0.2) is 23.4 Å². The molecule has 1 aromatic heterocycles. The fraction of sp³-hybridized carbons (Fsp3) is 0.615. The van der Waals surface area contributed by atoms with Crippen molar-refractivity contribution in [1.29, 1.82) is 0 Å². The second-order valence-electron chi connectivity index (χ2n) is 4.83. The van der Waals surface area contributed by atoms with Crippen LogP contribution in [0.3, 0.4) is 0 Å². The zero-order valence-electron chi connectivity index (χ0n) is 10.5. The molecule has 1 aromatic rings. The Morgan fingerprint density at radius 2 is 2.16 bits per heavy atom. The molecule has 0 amide bonds. The molecular weight excluding hydrogens is 321 g/mol. The summed E-state index contributed by atoms with van der Waals surface area (Å²) in [6.07, 6.45) is -0.0460. The Bertz CT molecular complexity index is 403. The zero-order valence-corrected chi connectivity index (χ0v) is 12.0. The summed E-state index contributed by atoms with van der Waals surface area (Å²) in [6, 6.07) is 2.58. The lowest BCUT2D eigenvalue weighted by atomic mass is 9.96. The minimum absolute atomic E-state index is 0.595. The Morgan fingerprint density at radius 1 is 1.37 bits per heavy atom. The number of alkyl halides is 4. The summed E-state index contributed by atoms with van der Waals surface area (Å²) in [4.78, 5) is 6.04. The molecule has 19 heavy (non-hydrogen) atoms. The summed E-state index contributed by atoms with van der Waals surface area (Å²) in [5, 5.41) is 0.964. The Labute approximate surface area is 119 Å². The maximum Gasteiger partial charge on any atom is 0.417 e. The smallest absolute Gasteiger partial charge is 0.356 e. The molecule has 2 rings (SSSR count). The van der Waals surface area contributed by atoms with Gasteiger partial charge in [-0.05, 0) is 37.3 Å². The van der Waals surface area contributed by atoms with Crippen LogP contribution in [0.1, 0.15) is 24.8 Å². The Hall–Kier alpha value is -0.780. The van der Waals surface area contributed by atoms with Crippen molar-refractivity contribution in [3.05, 3.63) is 23.9 Å². The van der Waals surface area contributed by atoms with Crippen molar-refractivity contribution in [2.45, 2.75) is 25.4 Å². The van der Waals surface area contributed by atoms with Gasteiger partial charge in [-0.1, -0.05) is 15.9 Å². The quantitative estimate of drug-likeness (QED) is 0.772. The normalized spacial score (nSPS) is 20.6. The van der Waals surface area contributed by atoms with Crippen molar-refractivity contribution in [2.75, 3.05) is 23.3 Å². The van der Waals surface area contributed by atoms with E-state index < -0.39 is 11.7 Å². The van der Waals surface area contributed by atoms with Gasteiger partial charge < -0.3 is 4.90 Å². The minimum Gasteiger partial charge on any atom is -0.356 e. The molecular formula is C13H16BrF3N2. The molecule has 1 unspecified atom stereocenters. The van der Waals surface area contributed by atoms with Crippen LogP contribution in [-0.2, 0) is 6.18 Å². The van der Waals surface area contributed by atoms with E-state index in [9.17, 15) is 13.2 Å². The highest BCUT2D eigenvalue weighted by molar-refractivity contribution is 9.09. The number of aromatic nitrogens is 1. The lowest BCUT2D eigenvalue weighted by molar-refractivity contribution is -0.137. The molecule has 0 spiro atoms. The van der Waals surface area contributed by atoms with Crippen LogP contribution in [0.4, 0.5) is 19.0 Å². The largest absolute Gasteiger partial charge is 0.417 e. The van der Waals surface area contributed by atoms with Crippen molar-refractivity contribution >= 4 is 21.7 Å². The van der Waals surface area contributed by atoms with Gasteiger partial charge in [-0.2, -0.15) is 13.2 Å². The second kappa shape index (κ2) is 6.11. The van der Waals surface area contributed by atoms with Crippen LogP contribution in [0.5, 0.6) is 0 Å². The molecule has 2 heterocycles.